The van der Waals surface area contributed by atoms with Crippen molar-refractivity contribution < 1.29 is 19.2 Å². The van der Waals surface area contributed by atoms with Crippen LogP contribution in [-0.2, 0) is 9.53 Å². The highest BCUT2D eigenvalue weighted by Gasteiger charge is 2.22. The van der Waals surface area contributed by atoms with E-state index in [1.807, 2.05) is 24.3 Å². The van der Waals surface area contributed by atoms with Crippen molar-refractivity contribution in [3.05, 3.63) is 58.1 Å². The molecule has 2 aromatic rings. The second-order valence-electron chi connectivity index (χ2n) is 7.16. The number of nitrogens with one attached hydrogen (secondary N) is 1. The number of carbonyl (C=O) groups excluding carboxylic acids is 2. The smallest absolute Gasteiger partial charge is 0.341 e. The number of piperidine rings is 1. The van der Waals surface area contributed by atoms with Gasteiger partial charge in [-0.25, -0.2) is 4.79 Å². The lowest BCUT2D eigenvalue weighted by atomic mass is 10.1. The quantitative estimate of drug-likeness (QED) is 0.322. The first kappa shape index (κ1) is 21.1. The number of benzene rings is 2. The number of nitrogens with two attached hydrogens (primary N) is 1. The Bertz CT molecular complexity index is 939. The maximum Gasteiger partial charge on any atom is 0.341 e. The highest BCUT2D eigenvalue weighted by atomic mass is 16.6. The molecule has 158 valence electrons. The molecule has 0 aliphatic carbocycles. The average Bonchev–Trinajstić information content (AvgIpc) is 2.74. The standard InChI is InChI=1S/C21H24N4O5/c1-14(30-21(27)18-10-9-17(25(28)29)13-19(18)22)20(26)23-15-5-7-16(8-6-15)24-11-3-2-4-12-24/h5-10,13-14H,2-4,11-12,22H2,1H3,(H,23,26). The second-order valence-corrected chi connectivity index (χ2v) is 7.16. The first-order chi connectivity index (χ1) is 14.3. The van der Waals surface area contributed by atoms with Crippen LogP contribution in [0.2, 0.25) is 0 Å². The van der Waals surface area contributed by atoms with Gasteiger partial charge in [0, 0.05) is 36.6 Å². The van der Waals surface area contributed by atoms with E-state index < -0.39 is 22.9 Å². The summed E-state index contributed by atoms with van der Waals surface area (Å²) in [5.41, 5.74) is 7.05. The summed E-state index contributed by atoms with van der Waals surface area (Å²) in [5.74, 6) is -1.32. The summed E-state index contributed by atoms with van der Waals surface area (Å²) in [5, 5.41) is 13.5. The molecule has 1 fully saturated rings. The Labute approximate surface area is 174 Å². The first-order valence-electron chi connectivity index (χ1n) is 9.76. The van der Waals surface area contributed by atoms with Crippen molar-refractivity contribution in [2.75, 3.05) is 29.0 Å². The number of amides is 1. The second kappa shape index (κ2) is 9.25. The molecule has 0 aromatic heterocycles. The van der Waals surface area contributed by atoms with Crippen LogP contribution in [0.5, 0.6) is 0 Å². The third-order valence-electron chi connectivity index (χ3n) is 4.97. The first-order valence-corrected chi connectivity index (χ1v) is 9.76. The van der Waals surface area contributed by atoms with Gasteiger partial charge < -0.3 is 20.7 Å². The Morgan fingerprint density at radius 2 is 1.80 bits per heavy atom. The molecule has 1 aliphatic rings. The Balaban J connectivity index is 1.57. The molecule has 0 radical (unpaired) electrons. The Kier molecular flexibility index (Phi) is 6.51. The summed E-state index contributed by atoms with van der Waals surface area (Å²) in [4.78, 5) is 37.1. The van der Waals surface area contributed by atoms with Gasteiger partial charge >= 0.3 is 5.97 Å². The van der Waals surface area contributed by atoms with Crippen molar-refractivity contribution in [3.63, 3.8) is 0 Å². The fourth-order valence-corrected chi connectivity index (χ4v) is 3.28. The lowest BCUT2D eigenvalue weighted by Crippen LogP contribution is -2.30. The molecule has 1 atom stereocenters. The number of nitrogens with zero attached hydrogens (tertiary/aromatic N) is 2. The molecule has 3 rings (SSSR count). The zero-order valence-electron chi connectivity index (χ0n) is 16.7. The predicted octanol–water partition coefficient (Wildman–Crippen LogP) is 3.35. The van der Waals surface area contributed by atoms with E-state index in [4.69, 9.17) is 10.5 Å². The number of anilines is 3. The summed E-state index contributed by atoms with van der Waals surface area (Å²) in [6.45, 7) is 3.51. The fraction of sp³-hybridized carbons (Fsp3) is 0.333. The zero-order valence-corrected chi connectivity index (χ0v) is 16.7. The minimum absolute atomic E-state index is 0.0360. The van der Waals surface area contributed by atoms with E-state index in [9.17, 15) is 19.7 Å². The van der Waals surface area contributed by atoms with E-state index in [0.29, 0.717) is 5.69 Å². The normalized spacial score (nSPS) is 14.6. The van der Waals surface area contributed by atoms with Crippen molar-refractivity contribution in [1.29, 1.82) is 0 Å². The van der Waals surface area contributed by atoms with Crippen molar-refractivity contribution >= 4 is 34.6 Å². The number of nitro groups is 1. The van der Waals surface area contributed by atoms with Crippen LogP contribution in [-0.4, -0.2) is 36.0 Å². The summed E-state index contributed by atoms with van der Waals surface area (Å²) >= 11 is 0. The summed E-state index contributed by atoms with van der Waals surface area (Å²) < 4.78 is 5.16. The number of nitro benzene ring substituents is 1. The molecule has 0 bridgehead atoms. The van der Waals surface area contributed by atoms with Crippen molar-refractivity contribution in [2.45, 2.75) is 32.3 Å². The maximum absolute atomic E-state index is 12.4. The van der Waals surface area contributed by atoms with Crippen LogP contribution in [0, 0.1) is 10.1 Å². The van der Waals surface area contributed by atoms with Gasteiger partial charge in [0.25, 0.3) is 11.6 Å². The molecule has 0 spiro atoms. The van der Waals surface area contributed by atoms with E-state index in [1.54, 1.807) is 0 Å². The molecule has 30 heavy (non-hydrogen) atoms. The highest BCUT2D eigenvalue weighted by Crippen LogP contribution is 2.23. The number of carbonyl (C=O) groups is 2. The molecule has 0 saturated carbocycles. The molecule has 2 aromatic carbocycles. The summed E-state index contributed by atoms with van der Waals surface area (Å²) in [6, 6.07) is 11.0. The maximum atomic E-state index is 12.4. The van der Waals surface area contributed by atoms with Crippen molar-refractivity contribution in [1.82, 2.24) is 0 Å². The lowest BCUT2D eigenvalue weighted by Gasteiger charge is -2.28. The molecule has 1 aliphatic heterocycles. The lowest BCUT2D eigenvalue weighted by molar-refractivity contribution is -0.384. The van der Waals surface area contributed by atoms with E-state index >= 15 is 0 Å². The summed E-state index contributed by atoms with van der Waals surface area (Å²) in [6.07, 6.45) is 2.54. The molecule has 1 heterocycles. The number of non-ortho nitro benzene ring substituents is 1. The largest absolute Gasteiger partial charge is 0.449 e. The van der Waals surface area contributed by atoms with Crippen LogP contribution in [0.15, 0.2) is 42.5 Å². The highest BCUT2D eigenvalue weighted by molar-refractivity contribution is 5.99. The Morgan fingerprint density at radius 1 is 1.13 bits per heavy atom. The van der Waals surface area contributed by atoms with Gasteiger partial charge in [0.05, 0.1) is 16.2 Å². The van der Waals surface area contributed by atoms with Gasteiger partial charge in [-0.3, -0.25) is 14.9 Å². The third-order valence-corrected chi connectivity index (χ3v) is 4.97. The van der Waals surface area contributed by atoms with Crippen molar-refractivity contribution in [3.8, 4) is 0 Å². The van der Waals surface area contributed by atoms with E-state index in [2.05, 4.69) is 10.2 Å². The molecule has 1 amide bonds. The van der Waals surface area contributed by atoms with Crippen LogP contribution in [0.1, 0.15) is 36.5 Å². The fourth-order valence-electron chi connectivity index (χ4n) is 3.28. The minimum Gasteiger partial charge on any atom is -0.449 e. The summed E-state index contributed by atoms with van der Waals surface area (Å²) in [7, 11) is 0. The van der Waals surface area contributed by atoms with Gasteiger partial charge in [-0.1, -0.05) is 0 Å². The van der Waals surface area contributed by atoms with Crippen LogP contribution in [0.4, 0.5) is 22.7 Å². The molecule has 9 heteroatoms. The van der Waals surface area contributed by atoms with Gasteiger partial charge in [-0.2, -0.15) is 0 Å². The monoisotopic (exact) mass is 412 g/mol. The van der Waals surface area contributed by atoms with Gasteiger partial charge in [0.1, 0.15) is 0 Å². The molecule has 1 saturated heterocycles. The SMILES string of the molecule is CC(OC(=O)c1ccc([N+](=O)[O-])cc1N)C(=O)Nc1ccc(N2CCCCC2)cc1. The Hall–Kier alpha value is -3.62. The number of hydrogen-bond acceptors (Lipinski definition) is 7. The van der Waals surface area contributed by atoms with E-state index in [0.717, 1.165) is 30.9 Å². The van der Waals surface area contributed by atoms with Gasteiger partial charge in [0.2, 0.25) is 0 Å². The minimum atomic E-state index is -1.08. The molecule has 1 unspecified atom stereocenters. The van der Waals surface area contributed by atoms with Crippen LogP contribution in [0.25, 0.3) is 0 Å². The number of hydrogen-bond donors (Lipinski definition) is 2. The topological polar surface area (TPSA) is 128 Å². The third kappa shape index (κ3) is 5.05. The van der Waals surface area contributed by atoms with E-state index in [1.165, 1.54) is 32.3 Å². The number of esters is 1. The number of ether oxygens (including phenoxy) is 1. The number of nitrogen functional groups attached to an aromatic ring is 1. The Morgan fingerprint density at radius 3 is 2.40 bits per heavy atom. The van der Waals surface area contributed by atoms with Crippen LogP contribution >= 0.6 is 0 Å². The van der Waals surface area contributed by atoms with Crippen LogP contribution in [0.3, 0.4) is 0 Å². The van der Waals surface area contributed by atoms with Crippen LogP contribution < -0.4 is 16.0 Å². The van der Waals surface area contributed by atoms with Gasteiger partial charge in [-0.15, -0.1) is 0 Å². The van der Waals surface area contributed by atoms with E-state index in [-0.39, 0.29) is 16.9 Å². The molecule has 3 N–H and O–H groups in total. The molecular formula is C21H24N4O5. The van der Waals surface area contributed by atoms with Crippen molar-refractivity contribution in [2.24, 2.45) is 0 Å². The zero-order chi connectivity index (χ0) is 21.7. The predicted molar refractivity (Wildman–Crippen MR) is 114 cm³/mol. The number of rotatable bonds is 6. The van der Waals surface area contributed by atoms with Gasteiger partial charge in [-0.05, 0) is 56.5 Å². The van der Waals surface area contributed by atoms with Gasteiger partial charge in [0.15, 0.2) is 6.10 Å². The average molecular weight is 412 g/mol. The molecule has 9 nitrogen and oxygen atoms in total. The molecular weight excluding hydrogens is 388 g/mol.